The summed E-state index contributed by atoms with van der Waals surface area (Å²) >= 11 is 3.31. The molecule has 0 N–H and O–H groups in total. The molecule has 3 aromatic rings. The normalized spacial score (nSPS) is 10.6. The number of hydrogen-bond acceptors (Lipinski definition) is 3. The number of nitrogens with zero attached hydrogens (tertiary/aromatic N) is 3. The summed E-state index contributed by atoms with van der Waals surface area (Å²) < 4.78 is 15.4. The third kappa shape index (κ3) is 2.75. The molecule has 0 bridgehead atoms. The molecule has 0 amide bonds. The minimum absolute atomic E-state index is 0.333. The van der Waals surface area contributed by atoms with Gasteiger partial charge in [0.15, 0.2) is 12.1 Å². The fourth-order valence-electron chi connectivity index (χ4n) is 1.93. The van der Waals surface area contributed by atoms with Gasteiger partial charge in [-0.05, 0) is 52.3 Å². The van der Waals surface area contributed by atoms with Crippen molar-refractivity contribution in [1.29, 1.82) is 0 Å². The molecule has 2 heterocycles. The maximum atomic E-state index is 13.0. The Balaban J connectivity index is 2.08. The maximum absolute atomic E-state index is 13.0. The molecule has 0 unspecified atom stereocenters. The van der Waals surface area contributed by atoms with E-state index in [4.69, 9.17) is 0 Å². The summed E-state index contributed by atoms with van der Waals surface area (Å²) in [6, 6.07) is 9.46. The zero-order chi connectivity index (χ0) is 14.8. The van der Waals surface area contributed by atoms with E-state index in [9.17, 15) is 9.18 Å². The molecule has 2 aromatic heterocycles. The van der Waals surface area contributed by atoms with Gasteiger partial charge in [-0.15, -0.1) is 0 Å². The highest BCUT2D eigenvalue weighted by atomic mass is 79.9. The topological polar surface area (TPSA) is 47.8 Å². The zero-order valence-electron chi connectivity index (χ0n) is 10.7. The molecule has 21 heavy (non-hydrogen) atoms. The van der Waals surface area contributed by atoms with Crippen LogP contribution in [-0.4, -0.2) is 21.1 Å². The van der Waals surface area contributed by atoms with Crippen molar-refractivity contribution in [2.24, 2.45) is 0 Å². The number of carbonyl (C=O) groups excluding carboxylic acids is 1. The summed E-state index contributed by atoms with van der Waals surface area (Å²) in [4.78, 5) is 15.4. The molecule has 6 heteroatoms. The van der Waals surface area contributed by atoms with Crippen LogP contribution in [0.3, 0.4) is 0 Å². The van der Waals surface area contributed by atoms with Crippen molar-refractivity contribution in [2.75, 3.05) is 0 Å². The van der Waals surface area contributed by atoms with Gasteiger partial charge in [-0.3, -0.25) is 4.79 Å². The molecule has 0 aliphatic carbocycles. The van der Waals surface area contributed by atoms with Crippen LogP contribution < -0.4 is 0 Å². The number of halogens is 2. The van der Waals surface area contributed by atoms with Gasteiger partial charge in [0.1, 0.15) is 11.5 Å². The summed E-state index contributed by atoms with van der Waals surface area (Å²) in [6.07, 6.45) is 3.97. The molecule has 0 spiro atoms. The lowest BCUT2D eigenvalue weighted by molar-refractivity contribution is 0.112. The van der Waals surface area contributed by atoms with Gasteiger partial charge in [0.25, 0.3) is 0 Å². The first kappa shape index (κ1) is 13.6. The Labute approximate surface area is 128 Å². The molecule has 104 valence electrons. The van der Waals surface area contributed by atoms with E-state index >= 15 is 0 Å². The lowest BCUT2D eigenvalue weighted by atomic mass is 10.1. The fourth-order valence-corrected chi connectivity index (χ4v) is 2.16. The van der Waals surface area contributed by atoms with Crippen molar-refractivity contribution >= 4 is 22.2 Å². The van der Waals surface area contributed by atoms with Crippen LogP contribution in [0.1, 0.15) is 10.4 Å². The van der Waals surface area contributed by atoms with Crippen LogP contribution in [0.2, 0.25) is 0 Å². The SMILES string of the molecule is O=Cc1cn(-c2ccc(Br)cn2)nc1-c1ccc(F)cc1. The first-order valence-corrected chi connectivity index (χ1v) is 6.89. The highest BCUT2D eigenvalue weighted by Gasteiger charge is 2.12. The predicted octanol–water partition coefficient (Wildman–Crippen LogP) is 3.65. The molecule has 3 rings (SSSR count). The highest BCUT2D eigenvalue weighted by Crippen LogP contribution is 2.22. The van der Waals surface area contributed by atoms with Crippen LogP contribution in [0.15, 0.2) is 53.3 Å². The third-order valence-electron chi connectivity index (χ3n) is 2.93. The van der Waals surface area contributed by atoms with E-state index in [2.05, 4.69) is 26.0 Å². The second-order valence-electron chi connectivity index (χ2n) is 4.34. The summed E-state index contributed by atoms with van der Waals surface area (Å²) in [5, 5.41) is 4.37. The van der Waals surface area contributed by atoms with Gasteiger partial charge in [-0.2, -0.15) is 5.10 Å². The second-order valence-corrected chi connectivity index (χ2v) is 5.25. The number of rotatable bonds is 3. The van der Waals surface area contributed by atoms with Gasteiger partial charge in [0, 0.05) is 22.4 Å². The molecule has 0 fully saturated rings. The Hall–Kier alpha value is -2.34. The number of aromatic nitrogens is 3. The summed E-state index contributed by atoms with van der Waals surface area (Å²) in [5.41, 5.74) is 1.59. The minimum atomic E-state index is -0.333. The van der Waals surface area contributed by atoms with Crippen molar-refractivity contribution in [1.82, 2.24) is 14.8 Å². The molecule has 0 aliphatic rings. The molecule has 0 radical (unpaired) electrons. The first-order valence-electron chi connectivity index (χ1n) is 6.10. The van der Waals surface area contributed by atoms with Crippen LogP contribution in [0, 0.1) is 5.82 Å². The molecule has 0 saturated heterocycles. The highest BCUT2D eigenvalue weighted by molar-refractivity contribution is 9.10. The third-order valence-corrected chi connectivity index (χ3v) is 3.40. The second kappa shape index (κ2) is 5.57. The maximum Gasteiger partial charge on any atom is 0.153 e. The number of pyridine rings is 1. The number of benzene rings is 1. The van der Waals surface area contributed by atoms with Crippen molar-refractivity contribution in [2.45, 2.75) is 0 Å². The molecule has 0 aliphatic heterocycles. The Kier molecular flexibility index (Phi) is 3.62. The summed E-state index contributed by atoms with van der Waals surface area (Å²) in [5.74, 6) is 0.259. The average Bonchev–Trinajstić information content (AvgIpc) is 2.93. The fraction of sp³-hybridized carbons (Fsp3) is 0. The molecule has 4 nitrogen and oxygen atoms in total. The van der Waals surface area contributed by atoms with E-state index in [1.54, 1.807) is 30.6 Å². The average molecular weight is 346 g/mol. The number of carbonyl (C=O) groups is 1. The van der Waals surface area contributed by atoms with Crippen molar-refractivity contribution < 1.29 is 9.18 Å². The molecular weight excluding hydrogens is 337 g/mol. The van der Waals surface area contributed by atoms with E-state index in [0.29, 0.717) is 22.6 Å². The number of aldehydes is 1. The Morgan fingerprint density at radius 3 is 2.52 bits per heavy atom. The summed E-state index contributed by atoms with van der Waals surface area (Å²) in [6.45, 7) is 0. The molecular formula is C15H9BrFN3O. The molecule has 0 saturated carbocycles. The van der Waals surface area contributed by atoms with Gasteiger partial charge in [-0.25, -0.2) is 14.1 Å². The number of hydrogen-bond donors (Lipinski definition) is 0. The Morgan fingerprint density at radius 2 is 1.90 bits per heavy atom. The lowest BCUT2D eigenvalue weighted by Gasteiger charge is -2.00. The van der Waals surface area contributed by atoms with Crippen LogP contribution in [0.4, 0.5) is 4.39 Å². The zero-order valence-corrected chi connectivity index (χ0v) is 12.3. The Bertz CT molecular complexity index is 782. The van der Waals surface area contributed by atoms with E-state index in [1.807, 2.05) is 6.07 Å². The van der Waals surface area contributed by atoms with E-state index < -0.39 is 0 Å². The van der Waals surface area contributed by atoms with Gasteiger partial charge in [0.05, 0.1) is 5.56 Å². The largest absolute Gasteiger partial charge is 0.298 e. The van der Waals surface area contributed by atoms with Gasteiger partial charge in [0.2, 0.25) is 0 Å². The first-order chi connectivity index (χ1) is 10.2. The monoisotopic (exact) mass is 345 g/mol. The minimum Gasteiger partial charge on any atom is -0.298 e. The lowest BCUT2D eigenvalue weighted by Crippen LogP contribution is -1.97. The van der Waals surface area contributed by atoms with Crippen molar-refractivity contribution in [3.63, 3.8) is 0 Å². The summed E-state index contributed by atoms with van der Waals surface area (Å²) in [7, 11) is 0. The Morgan fingerprint density at radius 1 is 1.14 bits per heavy atom. The van der Waals surface area contributed by atoms with E-state index in [0.717, 1.165) is 10.8 Å². The smallest absolute Gasteiger partial charge is 0.153 e. The quantitative estimate of drug-likeness (QED) is 0.680. The van der Waals surface area contributed by atoms with Gasteiger partial charge in [-0.1, -0.05) is 0 Å². The predicted molar refractivity (Wildman–Crippen MR) is 79.8 cm³/mol. The van der Waals surface area contributed by atoms with Crippen molar-refractivity contribution in [3.05, 3.63) is 64.6 Å². The van der Waals surface area contributed by atoms with E-state index in [1.165, 1.54) is 16.8 Å². The van der Waals surface area contributed by atoms with Crippen LogP contribution >= 0.6 is 15.9 Å². The van der Waals surface area contributed by atoms with Gasteiger partial charge < -0.3 is 0 Å². The molecule has 1 aromatic carbocycles. The van der Waals surface area contributed by atoms with E-state index in [-0.39, 0.29) is 5.82 Å². The van der Waals surface area contributed by atoms with Gasteiger partial charge >= 0.3 is 0 Å². The van der Waals surface area contributed by atoms with Crippen LogP contribution in [0.25, 0.3) is 17.1 Å². The molecule has 0 atom stereocenters. The standard InChI is InChI=1S/C15H9BrFN3O/c16-12-3-6-14(18-7-12)20-8-11(9-21)15(19-20)10-1-4-13(17)5-2-10/h1-9H. The van der Waals surface area contributed by atoms with Crippen molar-refractivity contribution in [3.8, 4) is 17.1 Å². The van der Waals surface area contributed by atoms with Crippen LogP contribution in [-0.2, 0) is 0 Å². The van der Waals surface area contributed by atoms with Crippen LogP contribution in [0.5, 0.6) is 0 Å².